The van der Waals surface area contributed by atoms with E-state index in [-0.39, 0.29) is 11.2 Å². The van der Waals surface area contributed by atoms with Crippen LogP contribution < -0.4 is 10.6 Å². The second-order valence-corrected chi connectivity index (χ2v) is 5.50. The number of hydrogen-bond acceptors (Lipinski definition) is 2. The molecule has 0 aliphatic rings. The number of nitrogens with zero attached hydrogens (tertiary/aromatic N) is 1. The standard InChI is InChI=1S/C15H25FN2/c1-4-18(11-7-10-15(2,3)12-17)14-9-6-5-8-13(14)16/h5-6,8-9H,4,7,10-12,17H2,1-3H3. The van der Waals surface area contributed by atoms with Gasteiger partial charge < -0.3 is 10.6 Å². The second kappa shape index (κ2) is 6.74. The fourth-order valence-electron chi connectivity index (χ4n) is 2.01. The van der Waals surface area contributed by atoms with Gasteiger partial charge in [0, 0.05) is 13.1 Å². The summed E-state index contributed by atoms with van der Waals surface area (Å²) in [6.07, 6.45) is 2.10. The average molecular weight is 252 g/mol. The molecule has 1 rings (SSSR count). The maximum atomic E-state index is 13.7. The van der Waals surface area contributed by atoms with E-state index in [9.17, 15) is 4.39 Å². The van der Waals surface area contributed by atoms with Crippen molar-refractivity contribution in [2.75, 3.05) is 24.5 Å². The van der Waals surface area contributed by atoms with E-state index in [1.54, 1.807) is 6.07 Å². The van der Waals surface area contributed by atoms with Crippen LogP contribution in [0.3, 0.4) is 0 Å². The maximum Gasteiger partial charge on any atom is 0.146 e. The second-order valence-electron chi connectivity index (χ2n) is 5.50. The number of nitrogens with two attached hydrogens (primary N) is 1. The molecular formula is C15H25FN2. The molecule has 2 nitrogen and oxygen atoms in total. The summed E-state index contributed by atoms with van der Waals surface area (Å²) in [5, 5.41) is 0. The molecule has 0 unspecified atom stereocenters. The van der Waals surface area contributed by atoms with E-state index in [2.05, 4.69) is 25.7 Å². The quantitative estimate of drug-likeness (QED) is 0.805. The van der Waals surface area contributed by atoms with E-state index in [1.807, 2.05) is 12.1 Å². The van der Waals surface area contributed by atoms with Crippen molar-refractivity contribution in [3.05, 3.63) is 30.1 Å². The molecule has 2 N–H and O–H groups in total. The lowest BCUT2D eigenvalue weighted by Gasteiger charge is -2.27. The fourth-order valence-corrected chi connectivity index (χ4v) is 2.01. The number of hydrogen-bond donors (Lipinski definition) is 1. The van der Waals surface area contributed by atoms with Crippen LogP contribution in [0.25, 0.3) is 0 Å². The molecule has 0 heterocycles. The van der Waals surface area contributed by atoms with Gasteiger partial charge in [-0.2, -0.15) is 0 Å². The first-order valence-electron chi connectivity index (χ1n) is 6.69. The van der Waals surface area contributed by atoms with Gasteiger partial charge in [0.25, 0.3) is 0 Å². The monoisotopic (exact) mass is 252 g/mol. The third-order valence-electron chi connectivity index (χ3n) is 3.41. The summed E-state index contributed by atoms with van der Waals surface area (Å²) in [4.78, 5) is 2.09. The molecule has 0 saturated heterocycles. The molecule has 0 aliphatic heterocycles. The van der Waals surface area contributed by atoms with Crippen molar-refractivity contribution in [1.82, 2.24) is 0 Å². The Labute approximate surface area is 110 Å². The Bertz CT molecular complexity index is 363. The zero-order valence-electron chi connectivity index (χ0n) is 11.7. The van der Waals surface area contributed by atoms with Crippen molar-refractivity contribution in [1.29, 1.82) is 0 Å². The molecule has 1 aromatic carbocycles. The molecule has 1 aromatic rings. The lowest BCUT2D eigenvalue weighted by Crippen LogP contribution is -2.28. The topological polar surface area (TPSA) is 29.3 Å². The van der Waals surface area contributed by atoms with Crippen molar-refractivity contribution >= 4 is 5.69 Å². The van der Waals surface area contributed by atoms with Gasteiger partial charge in [0.15, 0.2) is 0 Å². The van der Waals surface area contributed by atoms with Crippen LogP contribution in [0, 0.1) is 11.2 Å². The highest BCUT2D eigenvalue weighted by atomic mass is 19.1. The average Bonchev–Trinajstić information content (AvgIpc) is 2.36. The molecule has 0 spiro atoms. The predicted molar refractivity (Wildman–Crippen MR) is 76.4 cm³/mol. The summed E-state index contributed by atoms with van der Waals surface area (Å²) < 4.78 is 13.7. The van der Waals surface area contributed by atoms with E-state index in [0.717, 1.165) is 25.9 Å². The van der Waals surface area contributed by atoms with Gasteiger partial charge in [0.2, 0.25) is 0 Å². The van der Waals surface area contributed by atoms with Gasteiger partial charge in [-0.1, -0.05) is 26.0 Å². The van der Waals surface area contributed by atoms with Crippen LogP contribution >= 0.6 is 0 Å². The van der Waals surface area contributed by atoms with Crippen LogP contribution in [0.2, 0.25) is 0 Å². The summed E-state index contributed by atoms with van der Waals surface area (Å²) in [5.74, 6) is -0.141. The third kappa shape index (κ3) is 4.30. The molecule has 3 heteroatoms. The molecule has 0 atom stereocenters. The Morgan fingerprint density at radius 3 is 2.50 bits per heavy atom. The van der Waals surface area contributed by atoms with E-state index >= 15 is 0 Å². The zero-order chi connectivity index (χ0) is 13.6. The first-order chi connectivity index (χ1) is 8.50. The summed E-state index contributed by atoms with van der Waals surface area (Å²) in [6, 6.07) is 6.96. The smallest absolute Gasteiger partial charge is 0.146 e. The molecule has 0 fully saturated rings. The van der Waals surface area contributed by atoms with Crippen LogP contribution in [0.4, 0.5) is 10.1 Å². The van der Waals surface area contributed by atoms with Crippen LogP contribution in [0.5, 0.6) is 0 Å². The molecule has 0 aromatic heterocycles. The Balaban J connectivity index is 2.56. The molecule has 0 bridgehead atoms. The number of para-hydroxylation sites is 1. The molecule has 0 amide bonds. The number of halogens is 1. The third-order valence-corrected chi connectivity index (χ3v) is 3.41. The minimum Gasteiger partial charge on any atom is -0.369 e. The van der Waals surface area contributed by atoms with Gasteiger partial charge in [-0.25, -0.2) is 4.39 Å². The van der Waals surface area contributed by atoms with Crippen LogP contribution in [0.15, 0.2) is 24.3 Å². The Hall–Kier alpha value is -1.09. The SMILES string of the molecule is CCN(CCCC(C)(C)CN)c1ccccc1F. The minimum atomic E-state index is -0.141. The van der Waals surface area contributed by atoms with Gasteiger partial charge in [-0.05, 0) is 43.9 Å². The highest BCUT2D eigenvalue weighted by Crippen LogP contribution is 2.23. The highest BCUT2D eigenvalue weighted by Gasteiger charge is 2.16. The van der Waals surface area contributed by atoms with Gasteiger partial charge in [0.1, 0.15) is 5.82 Å². The lowest BCUT2D eigenvalue weighted by atomic mass is 9.88. The molecule has 0 aliphatic carbocycles. The fraction of sp³-hybridized carbons (Fsp3) is 0.600. The van der Waals surface area contributed by atoms with Gasteiger partial charge >= 0.3 is 0 Å². The number of anilines is 1. The summed E-state index contributed by atoms with van der Waals surface area (Å²) in [7, 11) is 0. The highest BCUT2D eigenvalue weighted by molar-refractivity contribution is 5.47. The Kier molecular flexibility index (Phi) is 5.60. The Morgan fingerprint density at radius 1 is 1.28 bits per heavy atom. The minimum absolute atomic E-state index is 0.141. The van der Waals surface area contributed by atoms with Crippen LogP contribution in [-0.4, -0.2) is 19.6 Å². The van der Waals surface area contributed by atoms with Crippen molar-refractivity contribution in [2.24, 2.45) is 11.1 Å². The van der Waals surface area contributed by atoms with Crippen LogP contribution in [0.1, 0.15) is 33.6 Å². The van der Waals surface area contributed by atoms with Gasteiger partial charge in [-0.3, -0.25) is 0 Å². The van der Waals surface area contributed by atoms with E-state index < -0.39 is 0 Å². The Morgan fingerprint density at radius 2 is 1.94 bits per heavy atom. The van der Waals surface area contributed by atoms with Crippen molar-refractivity contribution in [2.45, 2.75) is 33.6 Å². The number of rotatable bonds is 7. The largest absolute Gasteiger partial charge is 0.369 e. The van der Waals surface area contributed by atoms with Crippen molar-refractivity contribution in [3.63, 3.8) is 0 Å². The molecule has 102 valence electrons. The summed E-state index contributed by atoms with van der Waals surface area (Å²) in [5.41, 5.74) is 6.59. The molecule has 0 saturated carbocycles. The number of benzene rings is 1. The van der Waals surface area contributed by atoms with Gasteiger partial charge in [-0.15, -0.1) is 0 Å². The van der Waals surface area contributed by atoms with Gasteiger partial charge in [0.05, 0.1) is 5.69 Å². The normalized spacial score (nSPS) is 11.6. The van der Waals surface area contributed by atoms with E-state index in [4.69, 9.17) is 5.73 Å². The maximum absolute atomic E-state index is 13.7. The molecule has 0 radical (unpaired) electrons. The zero-order valence-corrected chi connectivity index (χ0v) is 11.7. The molecule has 18 heavy (non-hydrogen) atoms. The van der Waals surface area contributed by atoms with E-state index in [1.165, 1.54) is 6.07 Å². The first-order valence-corrected chi connectivity index (χ1v) is 6.69. The predicted octanol–water partition coefficient (Wildman–Crippen LogP) is 3.42. The van der Waals surface area contributed by atoms with Crippen molar-refractivity contribution in [3.8, 4) is 0 Å². The van der Waals surface area contributed by atoms with E-state index in [0.29, 0.717) is 12.2 Å². The van der Waals surface area contributed by atoms with Crippen molar-refractivity contribution < 1.29 is 4.39 Å². The molecular weight excluding hydrogens is 227 g/mol. The van der Waals surface area contributed by atoms with Crippen LogP contribution in [-0.2, 0) is 0 Å². The lowest BCUT2D eigenvalue weighted by molar-refractivity contribution is 0.338. The summed E-state index contributed by atoms with van der Waals surface area (Å²) in [6.45, 7) is 8.79. The summed E-state index contributed by atoms with van der Waals surface area (Å²) >= 11 is 0. The first kappa shape index (κ1) is 15.0.